The van der Waals surface area contributed by atoms with Crippen LogP contribution in [0.3, 0.4) is 0 Å². The molecular weight excluding hydrogens is 320 g/mol. The van der Waals surface area contributed by atoms with E-state index in [9.17, 15) is 5.11 Å². The summed E-state index contributed by atoms with van der Waals surface area (Å²) in [7, 11) is 5.11. The van der Waals surface area contributed by atoms with E-state index < -0.39 is 0 Å². The summed E-state index contributed by atoms with van der Waals surface area (Å²) in [5.74, 6) is 1.72. The average molecular weight is 350 g/mol. The maximum atomic E-state index is 9.97. The van der Waals surface area contributed by atoms with Crippen LogP contribution >= 0.6 is 0 Å². The largest absolute Gasteiger partial charge is 0.508 e. The molecule has 0 atom stereocenters. The summed E-state index contributed by atoms with van der Waals surface area (Å²) in [6.07, 6.45) is 2.16. The molecule has 0 aromatic heterocycles. The Kier molecular flexibility index (Phi) is 7.81. The van der Waals surface area contributed by atoms with Crippen LogP contribution in [0.4, 0.5) is 0 Å². The van der Waals surface area contributed by atoms with Gasteiger partial charge in [0.1, 0.15) is 11.5 Å². The van der Waals surface area contributed by atoms with E-state index in [1.165, 1.54) is 0 Å². The molecule has 0 saturated carbocycles. The minimum absolute atomic E-state index is 0.246. The van der Waals surface area contributed by atoms with Gasteiger partial charge in [-0.05, 0) is 31.0 Å². The van der Waals surface area contributed by atoms with Crippen molar-refractivity contribution >= 4 is 5.96 Å². The number of benzene rings is 1. The average Bonchev–Trinajstić information content (AvgIpc) is 2.65. The predicted molar refractivity (Wildman–Crippen MR) is 99.3 cm³/mol. The number of guanidine groups is 1. The highest BCUT2D eigenvalue weighted by Crippen LogP contribution is 2.22. The second-order valence-electron chi connectivity index (χ2n) is 6.17. The second kappa shape index (κ2) is 10.1. The summed E-state index contributed by atoms with van der Waals surface area (Å²) in [4.78, 5) is 6.71. The molecule has 7 heteroatoms. The molecule has 1 aromatic rings. The summed E-state index contributed by atoms with van der Waals surface area (Å²) in [5.41, 5.74) is 0.775. The molecule has 2 rings (SSSR count). The molecule has 1 heterocycles. The number of phenols is 1. The number of hydrogen-bond acceptors (Lipinski definition) is 5. The van der Waals surface area contributed by atoms with Gasteiger partial charge < -0.3 is 30.1 Å². The first-order chi connectivity index (χ1) is 12.2. The van der Waals surface area contributed by atoms with Crippen molar-refractivity contribution in [2.45, 2.75) is 25.4 Å². The molecular formula is C18H30N4O3. The van der Waals surface area contributed by atoms with Crippen LogP contribution in [0.25, 0.3) is 0 Å². The number of nitrogens with zero attached hydrogens (tertiary/aromatic N) is 2. The van der Waals surface area contributed by atoms with Crippen LogP contribution in [0.1, 0.15) is 18.4 Å². The highest BCUT2D eigenvalue weighted by Gasteiger charge is 2.19. The smallest absolute Gasteiger partial charge is 0.191 e. The van der Waals surface area contributed by atoms with Gasteiger partial charge in [0.2, 0.25) is 0 Å². The first-order valence-corrected chi connectivity index (χ1v) is 8.70. The van der Waals surface area contributed by atoms with Crippen LogP contribution in [0.5, 0.6) is 11.5 Å². The Bertz CT molecular complexity index is 557. The van der Waals surface area contributed by atoms with Gasteiger partial charge in [0.15, 0.2) is 5.96 Å². The van der Waals surface area contributed by atoms with Crippen LogP contribution < -0.4 is 15.4 Å². The van der Waals surface area contributed by atoms with Crippen LogP contribution in [0, 0.1) is 0 Å². The lowest BCUT2D eigenvalue weighted by atomic mass is 10.1. The Balaban J connectivity index is 1.80. The zero-order valence-electron chi connectivity index (χ0n) is 15.4. The fraction of sp³-hybridized carbons (Fsp3) is 0.611. The van der Waals surface area contributed by atoms with Gasteiger partial charge >= 0.3 is 0 Å². The van der Waals surface area contributed by atoms with Crippen LogP contribution in [-0.2, 0) is 11.3 Å². The molecule has 1 aliphatic heterocycles. The van der Waals surface area contributed by atoms with Crippen molar-refractivity contribution in [2.75, 3.05) is 47.5 Å². The van der Waals surface area contributed by atoms with Crippen molar-refractivity contribution in [2.24, 2.45) is 4.99 Å². The third-order valence-corrected chi connectivity index (χ3v) is 4.50. The summed E-state index contributed by atoms with van der Waals surface area (Å²) in [5, 5.41) is 16.7. The fourth-order valence-electron chi connectivity index (χ4n) is 2.92. The van der Waals surface area contributed by atoms with Crippen molar-refractivity contribution in [3.8, 4) is 11.5 Å². The number of aliphatic imine (C=N–C) groups is 1. The van der Waals surface area contributed by atoms with Crippen LogP contribution in [-0.4, -0.2) is 69.5 Å². The number of methoxy groups -OCH3 is 2. The number of hydrogen-bond donors (Lipinski definition) is 3. The van der Waals surface area contributed by atoms with Gasteiger partial charge in [0.05, 0.1) is 13.7 Å². The number of likely N-dealkylation sites (tertiary alicyclic amines) is 1. The summed E-state index contributed by atoms with van der Waals surface area (Å²) in [6.45, 7) is 4.38. The van der Waals surface area contributed by atoms with Crippen molar-refractivity contribution in [3.63, 3.8) is 0 Å². The third-order valence-electron chi connectivity index (χ3n) is 4.50. The first-order valence-electron chi connectivity index (χ1n) is 8.70. The zero-order valence-corrected chi connectivity index (χ0v) is 15.4. The predicted octanol–water partition coefficient (Wildman–Crippen LogP) is 1.18. The number of piperidine rings is 1. The Labute approximate surface area is 150 Å². The van der Waals surface area contributed by atoms with Gasteiger partial charge in [0, 0.05) is 51.9 Å². The van der Waals surface area contributed by atoms with Crippen LogP contribution in [0.2, 0.25) is 0 Å². The van der Waals surface area contributed by atoms with Gasteiger partial charge in [-0.1, -0.05) is 0 Å². The Hall–Kier alpha value is -1.99. The van der Waals surface area contributed by atoms with E-state index in [1.807, 2.05) is 6.07 Å². The monoisotopic (exact) mass is 350 g/mol. The Morgan fingerprint density at radius 3 is 2.72 bits per heavy atom. The van der Waals surface area contributed by atoms with Gasteiger partial charge in [-0.2, -0.15) is 0 Å². The lowest BCUT2D eigenvalue weighted by Crippen LogP contribution is -2.48. The van der Waals surface area contributed by atoms with Crippen molar-refractivity contribution in [1.29, 1.82) is 0 Å². The highest BCUT2D eigenvalue weighted by molar-refractivity contribution is 5.80. The summed E-state index contributed by atoms with van der Waals surface area (Å²) in [6, 6.07) is 5.61. The SMILES string of the molecule is CN=C(NCc1cc(OC)ccc1O)NC1CCN(CCOC)CC1. The molecule has 0 unspecified atom stereocenters. The number of ether oxygens (including phenoxy) is 2. The quantitative estimate of drug-likeness (QED) is 0.506. The van der Waals surface area contributed by atoms with Crippen molar-refractivity contribution in [3.05, 3.63) is 23.8 Å². The number of nitrogens with one attached hydrogen (secondary N) is 2. The van der Waals surface area contributed by atoms with Crippen molar-refractivity contribution < 1.29 is 14.6 Å². The molecule has 1 fully saturated rings. The van der Waals surface area contributed by atoms with E-state index in [2.05, 4.69) is 20.5 Å². The molecule has 1 aromatic carbocycles. The maximum Gasteiger partial charge on any atom is 0.191 e. The number of rotatable bonds is 7. The second-order valence-corrected chi connectivity index (χ2v) is 6.17. The summed E-state index contributed by atoms with van der Waals surface area (Å²) >= 11 is 0. The molecule has 0 aliphatic carbocycles. The first kappa shape index (κ1) is 19.3. The molecule has 1 saturated heterocycles. The standard InChI is InChI=1S/C18H30N4O3/c1-19-18(20-13-14-12-16(25-3)4-5-17(14)23)21-15-6-8-22(9-7-15)10-11-24-2/h4-5,12,15,23H,6-11,13H2,1-3H3,(H2,19,20,21). The van der Waals surface area contributed by atoms with E-state index in [4.69, 9.17) is 9.47 Å². The van der Waals surface area contributed by atoms with E-state index in [0.29, 0.717) is 12.6 Å². The van der Waals surface area contributed by atoms with E-state index >= 15 is 0 Å². The topological polar surface area (TPSA) is 78.4 Å². The molecule has 0 radical (unpaired) electrons. The lowest BCUT2D eigenvalue weighted by Gasteiger charge is -2.32. The molecule has 7 nitrogen and oxygen atoms in total. The zero-order chi connectivity index (χ0) is 18.1. The molecule has 140 valence electrons. The Morgan fingerprint density at radius 2 is 2.08 bits per heavy atom. The van der Waals surface area contributed by atoms with E-state index in [1.54, 1.807) is 33.4 Å². The van der Waals surface area contributed by atoms with Crippen molar-refractivity contribution in [1.82, 2.24) is 15.5 Å². The lowest BCUT2D eigenvalue weighted by molar-refractivity contribution is 0.128. The molecule has 0 spiro atoms. The minimum atomic E-state index is 0.246. The Morgan fingerprint density at radius 1 is 1.32 bits per heavy atom. The van der Waals surface area contributed by atoms with Gasteiger partial charge in [-0.25, -0.2) is 0 Å². The maximum absolute atomic E-state index is 9.97. The molecule has 1 aliphatic rings. The summed E-state index contributed by atoms with van der Waals surface area (Å²) < 4.78 is 10.3. The fourth-order valence-corrected chi connectivity index (χ4v) is 2.92. The molecule has 0 amide bonds. The normalized spacial score (nSPS) is 16.7. The molecule has 3 N–H and O–H groups in total. The van der Waals surface area contributed by atoms with E-state index in [0.717, 1.165) is 56.4 Å². The molecule has 25 heavy (non-hydrogen) atoms. The highest BCUT2D eigenvalue weighted by atomic mass is 16.5. The van der Waals surface area contributed by atoms with Gasteiger partial charge in [-0.3, -0.25) is 4.99 Å². The van der Waals surface area contributed by atoms with Gasteiger partial charge in [-0.15, -0.1) is 0 Å². The number of aromatic hydroxyl groups is 1. The van der Waals surface area contributed by atoms with Crippen LogP contribution in [0.15, 0.2) is 23.2 Å². The number of phenolic OH excluding ortho intramolecular Hbond substituents is 1. The molecule has 0 bridgehead atoms. The third kappa shape index (κ3) is 6.10. The van der Waals surface area contributed by atoms with E-state index in [-0.39, 0.29) is 5.75 Å². The minimum Gasteiger partial charge on any atom is -0.508 e. The van der Waals surface area contributed by atoms with Gasteiger partial charge in [0.25, 0.3) is 0 Å².